The molecule has 2 atom stereocenters. The van der Waals surface area contributed by atoms with Gasteiger partial charge in [0.2, 0.25) is 0 Å². The summed E-state index contributed by atoms with van der Waals surface area (Å²) < 4.78 is 0. The summed E-state index contributed by atoms with van der Waals surface area (Å²) in [6.45, 7) is 7.39. The lowest BCUT2D eigenvalue weighted by molar-refractivity contribution is 0.104. The van der Waals surface area contributed by atoms with Gasteiger partial charge in [0.15, 0.2) is 0 Å². The van der Waals surface area contributed by atoms with E-state index in [2.05, 4.69) is 37.7 Å². The quantitative estimate of drug-likeness (QED) is 0.601. The van der Waals surface area contributed by atoms with Crippen LogP contribution in [0.1, 0.15) is 26.7 Å². The number of aliphatic hydroxyl groups excluding tert-OH is 1. The Morgan fingerprint density at radius 2 is 1.81 bits per heavy atom. The lowest BCUT2D eigenvalue weighted by atomic mass is 10.1. The van der Waals surface area contributed by atoms with Gasteiger partial charge in [0.05, 0.1) is 6.61 Å². The zero-order chi connectivity index (χ0) is 12.6. The van der Waals surface area contributed by atoms with Gasteiger partial charge in [0, 0.05) is 12.1 Å². The molecule has 0 aliphatic rings. The molecule has 0 aliphatic carbocycles. The fourth-order valence-corrected chi connectivity index (χ4v) is 1.94. The van der Waals surface area contributed by atoms with Crippen molar-refractivity contribution in [2.75, 3.05) is 40.3 Å². The van der Waals surface area contributed by atoms with Gasteiger partial charge in [-0.25, -0.2) is 0 Å². The lowest BCUT2D eigenvalue weighted by Crippen LogP contribution is -2.50. The summed E-state index contributed by atoms with van der Waals surface area (Å²) in [4.78, 5) is 4.47. The number of likely N-dealkylation sites (N-methyl/N-ethyl adjacent to an activating group) is 1. The molecule has 0 radical (unpaired) electrons. The van der Waals surface area contributed by atoms with Crippen molar-refractivity contribution in [1.29, 1.82) is 0 Å². The summed E-state index contributed by atoms with van der Waals surface area (Å²) in [5.41, 5.74) is 6.02. The van der Waals surface area contributed by atoms with Gasteiger partial charge in [-0.1, -0.05) is 13.8 Å². The van der Waals surface area contributed by atoms with Gasteiger partial charge in [-0.15, -0.1) is 0 Å². The number of nitrogens with two attached hydrogens (primary N) is 1. The van der Waals surface area contributed by atoms with Gasteiger partial charge >= 0.3 is 0 Å². The molecule has 0 amide bonds. The molecule has 0 fully saturated rings. The van der Waals surface area contributed by atoms with Crippen molar-refractivity contribution in [2.24, 2.45) is 5.73 Å². The van der Waals surface area contributed by atoms with Crippen LogP contribution in [-0.2, 0) is 0 Å². The van der Waals surface area contributed by atoms with Crippen LogP contribution in [0, 0.1) is 0 Å². The maximum absolute atomic E-state index is 9.41. The van der Waals surface area contributed by atoms with Crippen molar-refractivity contribution in [2.45, 2.75) is 38.8 Å². The first-order chi connectivity index (χ1) is 7.56. The fourth-order valence-electron chi connectivity index (χ4n) is 1.94. The number of hydrogen-bond acceptors (Lipinski definition) is 4. The molecule has 0 aromatic heterocycles. The Balaban J connectivity index is 4.11. The Hall–Kier alpha value is -0.160. The van der Waals surface area contributed by atoms with Crippen LogP contribution < -0.4 is 5.73 Å². The van der Waals surface area contributed by atoms with Crippen molar-refractivity contribution < 1.29 is 5.11 Å². The number of nitrogens with zero attached hydrogens (tertiary/aromatic N) is 2. The minimum Gasteiger partial charge on any atom is -0.395 e. The van der Waals surface area contributed by atoms with Crippen molar-refractivity contribution >= 4 is 0 Å². The Kier molecular flexibility index (Phi) is 8.84. The zero-order valence-electron chi connectivity index (χ0n) is 11.3. The van der Waals surface area contributed by atoms with E-state index in [0.717, 1.165) is 32.5 Å². The molecule has 0 heterocycles. The summed E-state index contributed by atoms with van der Waals surface area (Å²) >= 11 is 0. The molecule has 0 aromatic rings. The second kappa shape index (κ2) is 8.93. The third-order valence-electron chi connectivity index (χ3n) is 3.08. The SMILES string of the molecule is CCC(N)C(CO)N(CC)CCCN(C)C. The van der Waals surface area contributed by atoms with Crippen molar-refractivity contribution in [3.8, 4) is 0 Å². The molecular formula is C12H29N3O. The Morgan fingerprint density at radius 1 is 1.19 bits per heavy atom. The molecule has 98 valence electrons. The molecule has 2 unspecified atom stereocenters. The topological polar surface area (TPSA) is 52.7 Å². The molecule has 0 aromatic carbocycles. The molecule has 0 saturated carbocycles. The maximum Gasteiger partial charge on any atom is 0.0601 e. The van der Waals surface area contributed by atoms with Crippen LogP contribution in [0.25, 0.3) is 0 Å². The predicted molar refractivity (Wildman–Crippen MR) is 69.6 cm³/mol. The van der Waals surface area contributed by atoms with Crippen LogP contribution in [0.15, 0.2) is 0 Å². The minimum atomic E-state index is 0.0734. The number of aliphatic hydroxyl groups is 1. The molecule has 0 bridgehead atoms. The third-order valence-corrected chi connectivity index (χ3v) is 3.08. The van der Waals surface area contributed by atoms with Gasteiger partial charge in [-0.3, -0.25) is 4.90 Å². The van der Waals surface area contributed by atoms with Crippen LogP contribution in [-0.4, -0.2) is 67.3 Å². The van der Waals surface area contributed by atoms with Crippen LogP contribution in [0.5, 0.6) is 0 Å². The average molecular weight is 231 g/mol. The Labute approximate surface area is 100 Å². The minimum absolute atomic E-state index is 0.0734. The second-order valence-corrected chi connectivity index (χ2v) is 4.61. The van der Waals surface area contributed by atoms with E-state index in [1.165, 1.54) is 0 Å². The van der Waals surface area contributed by atoms with E-state index in [1.54, 1.807) is 0 Å². The van der Waals surface area contributed by atoms with Crippen molar-refractivity contribution in [1.82, 2.24) is 9.80 Å². The Morgan fingerprint density at radius 3 is 2.19 bits per heavy atom. The van der Waals surface area contributed by atoms with Gasteiger partial charge in [-0.05, 0) is 46.6 Å². The summed E-state index contributed by atoms with van der Waals surface area (Å²) in [6, 6.07) is 0.182. The molecule has 0 rings (SSSR count). The zero-order valence-corrected chi connectivity index (χ0v) is 11.3. The first-order valence-electron chi connectivity index (χ1n) is 6.31. The maximum atomic E-state index is 9.41. The van der Waals surface area contributed by atoms with Gasteiger partial charge in [0.1, 0.15) is 0 Å². The molecule has 0 spiro atoms. The van der Waals surface area contributed by atoms with E-state index in [-0.39, 0.29) is 18.7 Å². The lowest BCUT2D eigenvalue weighted by Gasteiger charge is -2.33. The van der Waals surface area contributed by atoms with Gasteiger partial charge < -0.3 is 15.7 Å². The standard InChI is InChI=1S/C12H29N3O/c1-5-11(13)12(10-16)15(6-2)9-7-8-14(3)4/h11-12,16H,5-10,13H2,1-4H3. The Bertz CT molecular complexity index is 164. The molecular weight excluding hydrogens is 202 g/mol. The predicted octanol–water partition coefficient (Wildman–Crippen LogP) is 0.358. The summed E-state index contributed by atoms with van der Waals surface area (Å²) in [5.74, 6) is 0. The monoisotopic (exact) mass is 231 g/mol. The molecule has 0 saturated heterocycles. The van der Waals surface area contributed by atoms with Gasteiger partial charge in [0.25, 0.3) is 0 Å². The first-order valence-corrected chi connectivity index (χ1v) is 6.31. The number of rotatable bonds is 9. The summed E-state index contributed by atoms with van der Waals surface area (Å²) in [7, 11) is 4.16. The van der Waals surface area contributed by atoms with E-state index < -0.39 is 0 Å². The second-order valence-electron chi connectivity index (χ2n) is 4.61. The molecule has 0 aliphatic heterocycles. The highest BCUT2D eigenvalue weighted by Crippen LogP contribution is 2.06. The molecule has 4 heteroatoms. The molecule has 4 nitrogen and oxygen atoms in total. The van der Waals surface area contributed by atoms with Crippen molar-refractivity contribution in [3.63, 3.8) is 0 Å². The van der Waals surface area contributed by atoms with E-state index in [9.17, 15) is 5.11 Å². The van der Waals surface area contributed by atoms with E-state index in [0.29, 0.717) is 0 Å². The van der Waals surface area contributed by atoms with Crippen LogP contribution >= 0.6 is 0 Å². The van der Waals surface area contributed by atoms with E-state index in [4.69, 9.17) is 5.73 Å². The van der Waals surface area contributed by atoms with Crippen molar-refractivity contribution in [3.05, 3.63) is 0 Å². The third kappa shape index (κ3) is 5.80. The largest absolute Gasteiger partial charge is 0.395 e. The van der Waals surface area contributed by atoms with Crippen LogP contribution in [0.2, 0.25) is 0 Å². The molecule has 16 heavy (non-hydrogen) atoms. The van der Waals surface area contributed by atoms with E-state index in [1.807, 2.05) is 0 Å². The normalized spacial score (nSPS) is 15.8. The molecule has 3 N–H and O–H groups in total. The fraction of sp³-hybridized carbons (Fsp3) is 1.00. The van der Waals surface area contributed by atoms with Gasteiger partial charge in [-0.2, -0.15) is 0 Å². The van der Waals surface area contributed by atoms with Crippen LogP contribution in [0.3, 0.4) is 0 Å². The first kappa shape index (κ1) is 15.8. The highest BCUT2D eigenvalue weighted by Gasteiger charge is 2.21. The highest BCUT2D eigenvalue weighted by molar-refractivity contribution is 4.80. The van der Waals surface area contributed by atoms with E-state index >= 15 is 0 Å². The summed E-state index contributed by atoms with van der Waals surface area (Å²) in [5, 5.41) is 9.41. The highest BCUT2D eigenvalue weighted by atomic mass is 16.3. The number of hydrogen-bond donors (Lipinski definition) is 2. The summed E-state index contributed by atoms with van der Waals surface area (Å²) in [6.07, 6.45) is 2.03. The smallest absolute Gasteiger partial charge is 0.0601 e. The van der Waals surface area contributed by atoms with Crippen LogP contribution in [0.4, 0.5) is 0 Å². The average Bonchev–Trinajstić information content (AvgIpc) is 2.26.